The van der Waals surface area contributed by atoms with Crippen molar-refractivity contribution in [2.45, 2.75) is 66.2 Å². The molecule has 0 unspecified atom stereocenters. The summed E-state index contributed by atoms with van der Waals surface area (Å²) >= 11 is 0. The molecule has 212 valence electrons. The van der Waals surface area contributed by atoms with E-state index in [0.717, 1.165) is 33.3 Å². The van der Waals surface area contributed by atoms with Crippen LogP contribution in [-0.4, -0.2) is 20.7 Å². The zero-order valence-corrected chi connectivity index (χ0v) is 24.3. The summed E-state index contributed by atoms with van der Waals surface area (Å²) in [6, 6.07) is 22.0. The number of aromatic nitrogens is 3. The smallest absolute Gasteiger partial charge is 0.434 e. The van der Waals surface area contributed by atoms with Crippen LogP contribution in [0.1, 0.15) is 90.0 Å². The van der Waals surface area contributed by atoms with Crippen molar-refractivity contribution in [1.82, 2.24) is 20.1 Å². The van der Waals surface area contributed by atoms with Gasteiger partial charge in [0.1, 0.15) is 5.75 Å². The molecular formula is C33H36N4O4. The van der Waals surface area contributed by atoms with Crippen LogP contribution in [0, 0.1) is 13.8 Å². The lowest BCUT2D eigenvalue weighted by molar-refractivity contribution is 0.0940. The van der Waals surface area contributed by atoms with Crippen molar-refractivity contribution in [2.24, 2.45) is 0 Å². The molecule has 0 saturated carbocycles. The number of rotatable bonds is 9. The minimum absolute atomic E-state index is 0.0918. The largest absolute Gasteiger partial charge is 0.481 e. The van der Waals surface area contributed by atoms with Crippen LogP contribution in [0.3, 0.4) is 0 Å². The van der Waals surface area contributed by atoms with Crippen molar-refractivity contribution < 1.29 is 13.9 Å². The first-order valence-corrected chi connectivity index (χ1v) is 13.9. The highest BCUT2D eigenvalue weighted by molar-refractivity contribution is 5.99. The zero-order chi connectivity index (χ0) is 29.3. The Labute approximate surface area is 239 Å². The summed E-state index contributed by atoms with van der Waals surface area (Å²) in [7, 11) is 0. The van der Waals surface area contributed by atoms with E-state index in [1.165, 1.54) is 5.56 Å². The van der Waals surface area contributed by atoms with Crippen molar-refractivity contribution in [3.8, 4) is 5.75 Å². The van der Waals surface area contributed by atoms with E-state index in [-0.39, 0.29) is 17.8 Å². The van der Waals surface area contributed by atoms with Crippen LogP contribution in [-0.2, 0) is 6.54 Å². The molecule has 0 aliphatic rings. The molecule has 8 nitrogen and oxygen atoms in total. The minimum Gasteiger partial charge on any atom is -0.481 e. The van der Waals surface area contributed by atoms with Gasteiger partial charge in [0.15, 0.2) is 6.10 Å². The highest BCUT2D eigenvalue weighted by Gasteiger charge is 2.18. The van der Waals surface area contributed by atoms with E-state index in [9.17, 15) is 9.59 Å². The molecule has 0 spiro atoms. The fraction of sp³-hybridized carbons (Fsp3) is 0.303. The second kappa shape index (κ2) is 11.5. The standard InChI is InChI=1S/C33H36N4O4/c1-19(2)25-10-8-11-26(16-25)21(4)34-31(38)27-13-14-30-29(17-27)20(3)22(5)37(30)18-24-9-7-12-28(15-24)40-23(6)32-35-36-33(39)41-32/h7-17,19,21,23H,18H2,1-6H3,(H,34,38)(H,36,39)/t21-,23-/m0/s1. The lowest BCUT2D eigenvalue weighted by Crippen LogP contribution is -2.26. The van der Waals surface area contributed by atoms with Crippen LogP contribution in [0.4, 0.5) is 0 Å². The van der Waals surface area contributed by atoms with Crippen LogP contribution in [0.15, 0.2) is 75.9 Å². The molecule has 2 N–H and O–H groups in total. The summed E-state index contributed by atoms with van der Waals surface area (Å²) < 4.78 is 13.2. The Morgan fingerprint density at radius 3 is 2.49 bits per heavy atom. The molecule has 2 atom stereocenters. The minimum atomic E-state index is -0.610. The predicted molar refractivity (Wildman–Crippen MR) is 160 cm³/mol. The Kier molecular flexibility index (Phi) is 7.83. The number of hydrogen-bond donors (Lipinski definition) is 2. The number of fused-ring (bicyclic) bond motifs is 1. The second-order valence-corrected chi connectivity index (χ2v) is 10.9. The molecule has 0 aliphatic carbocycles. The van der Waals surface area contributed by atoms with Crippen LogP contribution < -0.4 is 15.8 Å². The molecule has 2 aromatic heterocycles. The first-order valence-electron chi connectivity index (χ1n) is 13.9. The fourth-order valence-corrected chi connectivity index (χ4v) is 5.12. The van der Waals surface area contributed by atoms with Gasteiger partial charge in [0, 0.05) is 28.7 Å². The maximum absolute atomic E-state index is 13.3. The Morgan fingerprint density at radius 2 is 1.76 bits per heavy atom. The first kappa shape index (κ1) is 28.0. The third-order valence-electron chi connectivity index (χ3n) is 7.68. The SMILES string of the molecule is Cc1c(C)n(Cc2cccc(O[C@@H](C)c3n[nH]c(=O)o3)c2)c2ccc(C(=O)N[C@@H](C)c3cccc(C(C)C)c3)cc12. The number of aryl methyl sites for hydroxylation is 1. The van der Waals surface area contributed by atoms with Crippen molar-refractivity contribution >= 4 is 16.8 Å². The summed E-state index contributed by atoms with van der Waals surface area (Å²) in [6.07, 6.45) is -0.521. The van der Waals surface area contributed by atoms with Crippen LogP contribution in [0.2, 0.25) is 0 Å². The summed E-state index contributed by atoms with van der Waals surface area (Å²) in [6.45, 7) is 13.0. The zero-order valence-electron chi connectivity index (χ0n) is 24.3. The summed E-state index contributed by atoms with van der Waals surface area (Å²) in [5, 5.41) is 10.3. The third-order valence-corrected chi connectivity index (χ3v) is 7.68. The number of carbonyl (C=O) groups excluding carboxylic acids is 1. The molecule has 0 aliphatic heterocycles. The van der Waals surface area contributed by atoms with Crippen molar-refractivity contribution in [3.05, 3.63) is 117 Å². The molecule has 2 heterocycles. The molecule has 3 aromatic carbocycles. The van der Waals surface area contributed by atoms with Gasteiger partial charge in [0.2, 0.25) is 0 Å². The van der Waals surface area contributed by atoms with Gasteiger partial charge in [-0.2, -0.15) is 0 Å². The maximum atomic E-state index is 13.3. The molecule has 0 bridgehead atoms. The first-order chi connectivity index (χ1) is 19.6. The Morgan fingerprint density at radius 1 is 1.00 bits per heavy atom. The van der Waals surface area contributed by atoms with Crippen LogP contribution in [0.25, 0.3) is 10.9 Å². The van der Waals surface area contributed by atoms with Gasteiger partial charge < -0.3 is 19.0 Å². The predicted octanol–water partition coefficient (Wildman–Crippen LogP) is 6.74. The number of nitrogens with one attached hydrogen (secondary N) is 2. The van der Waals surface area contributed by atoms with Gasteiger partial charge in [0.25, 0.3) is 11.8 Å². The summed E-state index contributed by atoms with van der Waals surface area (Å²) in [5.41, 5.74) is 7.38. The molecule has 5 rings (SSSR count). The van der Waals surface area contributed by atoms with Gasteiger partial charge in [-0.3, -0.25) is 4.79 Å². The van der Waals surface area contributed by atoms with Crippen LogP contribution >= 0.6 is 0 Å². The van der Waals surface area contributed by atoms with Crippen molar-refractivity contribution in [1.29, 1.82) is 0 Å². The average molecular weight is 553 g/mol. The Bertz CT molecular complexity index is 1760. The van der Waals surface area contributed by atoms with Gasteiger partial charge >= 0.3 is 5.76 Å². The van der Waals surface area contributed by atoms with Gasteiger partial charge in [-0.05, 0) is 86.2 Å². The van der Waals surface area contributed by atoms with E-state index < -0.39 is 11.9 Å². The Hall–Kier alpha value is -4.59. The summed E-state index contributed by atoms with van der Waals surface area (Å²) in [4.78, 5) is 24.5. The van der Waals surface area contributed by atoms with E-state index in [0.29, 0.717) is 23.8 Å². The lowest BCUT2D eigenvalue weighted by atomic mass is 9.98. The molecule has 0 radical (unpaired) electrons. The average Bonchev–Trinajstić information content (AvgIpc) is 3.50. The number of hydrogen-bond acceptors (Lipinski definition) is 5. The quantitative estimate of drug-likeness (QED) is 0.211. The molecule has 0 fully saturated rings. The number of ether oxygens (including phenoxy) is 1. The molecule has 0 saturated heterocycles. The number of aromatic amines is 1. The van der Waals surface area contributed by atoms with Gasteiger partial charge in [0.05, 0.1) is 6.04 Å². The number of benzene rings is 3. The van der Waals surface area contributed by atoms with E-state index in [2.05, 4.69) is 72.0 Å². The molecule has 41 heavy (non-hydrogen) atoms. The molecule has 1 amide bonds. The highest BCUT2D eigenvalue weighted by atomic mass is 16.5. The maximum Gasteiger partial charge on any atom is 0.434 e. The van der Waals surface area contributed by atoms with E-state index in [4.69, 9.17) is 9.15 Å². The number of H-pyrrole nitrogens is 1. The summed E-state index contributed by atoms with van der Waals surface area (Å²) in [5.74, 6) is 0.576. The topological polar surface area (TPSA) is 102 Å². The normalized spacial score (nSPS) is 13.0. The van der Waals surface area contributed by atoms with E-state index >= 15 is 0 Å². The highest BCUT2D eigenvalue weighted by Crippen LogP contribution is 2.29. The van der Waals surface area contributed by atoms with Crippen molar-refractivity contribution in [3.63, 3.8) is 0 Å². The fourth-order valence-electron chi connectivity index (χ4n) is 5.12. The van der Waals surface area contributed by atoms with Crippen LogP contribution in [0.5, 0.6) is 5.75 Å². The lowest BCUT2D eigenvalue weighted by Gasteiger charge is -2.16. The van der Waals surface area contributed by atoms with Gasteiger partial charge in [-0.25, -0.2) is 9.89 Å². The van der Waals surface area contributed by atoms with E-state index in [1.807, 2.05) is 49.4 Å². The van der Waals surface area contributed by atoms with Gasteiger partial charge in [-0.1, -0.05) is 50.2 Å². The number of carbonyl (C=O) groups is 1. The second-order valence-electron chi connectivity index (χ2n) is 10.9. The number of nitrogens with zero attached hydrogens (tertiary/aromatic N) is 2. The third kappa shape index (κ3) is 5.96. The molecular weight excluding hydrogens is 516 g/mol. The van der Waals surface area contributed by atoms with Gasteiger partial charge in [-0.15, -0.1) is 5.10 Å². The monoisotopic (exact) mass is 552 g/mol. The molecule has 5 aromatic rings. The number of amides is 1. The van der Waals surface area contributed by atoms with Crippen molar-refractivity contribution in [2.75, 3.05) is 0 Å². The van der Waals surface area contributed by atoms with E-state index in [1.54, 1.807) is 6.92 Å². The Balaban J connectivity index is 1.34. The molecule has 8 heteroatoms.